The molecule has 0 saturated carbocycles. The normalized spacial score (nSPS) is 45.7. The highest BCUT2D eigenvalue weighted by Gasteiger charge is 2.64. The van der Waals surface area contributed by atoms with E-state index in [1.54, 1.807) is 12.1 Å². The number of halogens is 1. The van der Waals surface area contributed by atoms with Crippen LogP contribution in [0, 0.1) is 11.7 Å². The van der Waals surface area contributed by atoms with Crippen LogP contribution in [-0.2, 0) is 23.7 Å². The summed E-state index contributed by atoms with van der Waals surface area (Å²) in [6.45, 7) is 4.30. The van der Waals surface area contributed by atoms with Gasteiger partial charge >= 0.3 is 0 Å². The third kappa shape index (κ3) is 2.17. The van der Waals surface area contributed by atoms with Gasteiger partial charge in [-0.3, -0.25) is 0 Å². The van der Waals surface area contributed by atoms with Gasteiger partial charge in [-0.2, -0.15) is 0 Å². The molecular weight excluding hydrogens is 315 g/mol. The van der Waals surface area contributed by atoms with Crippen LogP contribution in [0.3, 0.4) is 0 Å². The Labute approximate surface area is 140 Å². The number of benzene rings is 1. The summed E-state index contributed by atoms with van der Waals surface area (Å²) >= 11 is 0. The van der Waals surface area contributed by atoms with Crippen LogP contribution in [0.25, 0.3) is 0 Å². The summed E-state index contributed by atoms with van der Waals surface area (Å²) in [7, 11) is 0. The van der Waals surface area contributed by atoms with Crippen LogP contribution in [0.4, 0.5) is 4.39 Å². The Morgan fingerprint density at radius 1 is 1.04 bits per heavy atom. The Morgan fingerprint density at radius 2 is 1.88 bits per heavy atom. The minimum Gasteiger partial charge on any atom is -0.373 e. The molecule has 7 unspecified atom stereocenters. The SMILES string of the molecule is CC1(C)OC2OC3C(OC4CCOC(c5ccccc5F)C43)C2O1. The fourth-order valence-corrected chi connectivity index (χ4v) is 4.53. The van der Waals surface area contributed by atoms with E-state index in [2.05, 4.69) is 0 Å². The summed E-state index contributed by atoms with van der Waals surface area (Å²) in [6.07, 6.45) is -0.656. The first-order valence-corrected chi connectivity index (χ1v) is 8.56. The molecule has 4 saturated heterocycles. The topological polar surface area (TPSA) is 46.2 Å². The molecule has 4 fully saturated rings. The molecule has 0 spiro atoms. The van der Waals surface area contributed by atoms with Crippen molar-refractivity contribution in [3.63, 3.8) is 0 Å². The molecule has 0 amide bonds. The van der Waals surface area contributed by atoms with Gasteiger partial charge in [-0.05, 0) is 26.3 Å². The van der Waals surface area contributed by atoms with E-state index in [4.69, 9.17) is 23.7 Å². The van der Waals surface area contributed by atoms with Crippen molar-refractivity contribution in [2.24, 2.45) is 5.92 Å². The van der Waals surface area contributed by atoms with Crippen molar-refractivity contribution in [2.45, 2.75) is 62.9 Å². The summed E-state index contributed by atoms with van der Waals surface area (Å²) in [5.74, 6) is -0.973. The molecule has 130 valence electrons. The van der Waals surface area contributed by atoms with Crippen molar-refractivity contribution in [2.75, 3.05) is 6.61 Å². The molecule has 0 radical (unpaired) electrons. The lowest BCUT2D eigenvalue weighted by Crippen LogP contribution is -2.39. The standard InChI is InChI=1S/C18H21FO5/c1-18(2)23-16-15-14(22-17(16)24-18)12-11(21-15)7-8-20-13(12)9-5-3-4-6-10(9)19/h3-6,11-17H,7-8H2,1-2H3. The molecule has 4 aliphatic heterocycles. The van der Waals surface area contributed by atoms with Crippen LogP contribution in [0.15, 0.2) is 24.3 Å². The van der Waals surface area contributed by atoms with Crippen LogP contribution in [-0.4, -0.2) is 43.1 Å². The van der Waals surface area contributed by atoms with Gasteiger partial charge < -0.3 is 23.7 Å². The highest BCUT2D eigenvalue weighted by molar-refractivity contribution is 5.23. The maximum Gasteiger partial charge on any atom is 0.190 e. The van der Waals surface area contributed by atoms with E-state index in [1.807, 2.05) is 19.9 Å². The molecule has 7 atom stereocenters. The number of hydrogen-bond donors (Lipinski definition) is 0. The van der Waals surface area contributed by atoms with E-state index >= 15 is 0 Å². The predicted octanol–water partition coefficient (Wildman–Crippen LogP) is 2.55. The second-order valence-electron chi connectivity index (χ2n) is 7.39. The van der Waals surface area contributed by atoms with E-state index < -0.39 is 12.1 Å². The molecule has 0 bridgehead atoms. The summed E-state index contributed by atoms with van der Waals surface area (Å²) < 4.78 is 44.4. The van der Waals surface area contributed by atoms with Gasteiger partial charge in [-0.1, -0.05) is 18.2 Å². The van der Waals surface area contributed by atoms with Gasteiger partial charge in [0, 0.05) is 18.1 Å². The summed E-state index contributed by atoms with van der Waals surface area (Å²) in [6, 6.07) is 6.77. The average Bonchev–Trinajstić information content (AvgIpc) is 3.14. The quantitative estimate of drug-likeness (QED) is 0.789. The largest absolute Gasteiger partial charge is 0.373 e. The predicted molar refractivity (Wildman–Crippen MR) is 80.6 cm³/mol. The minimum atomic E-state index is -0.668. The van der Waals surface area contributed by atoms with E-state index in [9.17, 15) is 4.39 Å². The number of rotatable bonds is 1. The molecule has 5 rings (SSSR count). The molecule has 6 heteroatoms. The Morgan fingerprint density at radius 3 is 2.71 bits per heavy atom. The van der Waals surface area contributed by atoms with E-state index in [0.717, 1.165) is 6.42 Å². The average molecular weight is 336 g/mol. The van der Waals surface area contributed by atoms with Gasteiger partial charge in [-0.25, -0.2) is 4.39 Å². The first kappa shape index (κ1) is 15.2. The zero-order chi connectivity index (χ0) is 16.5. The summed E-state index contributed by atoms with van der Waals surface area (Å²) in [5.41, 5.74) is 0.569. The van der Waals surface area contributed by atoms with Crippen LogP contribution in [0.5, 0.6) is 0 Å². The monoisotopic (exact) mass is 336 g/mol. The van der Waals surface area contributed by atoms with Crippen molar-refractivity contribution in [1.82, 2.24) is 0 Å². The van der Waals surface area contributed by atoms with Crippen LogP contribution >= 0.6 is 0 Å². The highest BCUT2D eigenvalue weighted by atomic mass is 19.1. The van der Waals surface area contributed by atoms with Gasteiger partial charge in [0.25, 0.3) is 0 Å². The smallest absolute Gasteiger partial charge is 0.190 e. The number of ether oxygens (including phenoxy) is 5. The maximum absolute atomic E-state index is 14.3. The third-order valence-electron chi connectivity index (χ3n) is 5.43. The van der Waals surface area contributed by atoms with Crippen molar-refractivity contribution in [3.8, 4) is 0 Å². The lowest BCUT2D eigenvalue weighted by atomic mass is 9.83. The van der Waals surface area contributed by atoms with E-state index in [0.29, 0.717) is 12.2 Å². The van der Waals surface area contributed by atoms with E-state index in [-0.39, 0.29) is 42.3 Å². The second kappa shape index (κ2) is 5.22. The van der Waals surface area contributed by atoms with Crippen molar-refractivity contribution in [3.05, 3.63) is 35.6 Å². The molecule has 5 nitrogen and oxygen atoms in total. The Bertz CT molecular complexity index is 650. The molecule has 24 heavy (non-hydrogen) atoms. The highest BCUT2D eigenvalue weighted by Crippen LogP contribution is 2.52. The first-order valence-electron chi connectivity index (χ1n) is 8.56. The molecule has 4 heterocycles. The lowest BCUT2D eigenvalue weighted by molar-refractivity contribution is -0.215. The molecule has 4 aliphatic rings. The molecule has 0 N–H and O–H groups in total. The van der Waals surface area contributed by atoms with Crippen molar-refractivity contribution >= 4 is 0 Å². The maximum atomic E-state index is 14.3. The lowest BCUT2D eigenvalue weighted by Gasteiger charge is -2.35. The number of hydrogen-bond acceptors (Lipinski definition) is 5. The third-order valence-corrected chi connectivity index (χ3v) is 5.43. The summed E-state index contributed by atoms with van der Waals surface area (Å²) in [4.78, 5) is 0. The van der Waals surface area contributed by atoms with Crippen molar-refractivity contribution < 1.29 is 28.1 Å². The van der Waals surface area contributed by atoms with Crippen LogP contribution in [0.1, 0.15) is 31.9 Å². The zero-order valence-electron chi connectivity index (χ0n) is 13.7. The van der Waals surface area contributed by atoms with E-state index in [1.165, 1.54) is 6.07 Å². The Hall–Kier alpha value is -1.05. The second-order valence-corrected chi connectivity index (χ2v) is 7.39. The fraction of sp³-hybridized carbons (Fsp3) is 0.667. The molecule has 1 aromatic rings. The molecule has 0 aromatic heterocycles. The Balaban J connectivity index is 1.46. The van der Waals surface area contributed by atoms with Gasteiger partial charge in [0.2, 0.25) is 0 Å². The van der Waals surface area contributed by atoms with Gasteiger partial charge in [0.05, 0.1) is 18.3 Å². The van der Waals surface area contributed by atoms with Crippen LogP contribution in [0.2, 0.25) is 0 Å². The Kier molecular flexibility index (Phi) is 3.31. The minimum absolute atomic E-state index is 0.00776. The van der Waals surface area contributed by atoms with Crippen LogP contribution < -0.4 is 0 Å². The molecule has 1 aromatic carbocycles. The summed E-state index contributed by atoms with van der Waals surface area (Å²) in [5, 5.41) is 0. The first-order chi connectivity index (χ1) is 11.5. The zero-order valence-corrected chi connectivity index (χ0v) is 13.7. The number of fused-ring (bicyclic) bond motifs is 5. The van der Waals surface area contributed by atoms with Gasteiger partial charge in [-0.15, -0.1) is 0 Å². The molecule has 0 aliphatic carbocycles. The van der Waals surface area contributed by atoms with Gasteiger partial charge in [0.1, 0.15) is 18.0 Å². The van der Waals surface area contributed by atoms with Gasteiger partial charge in [0.15, 0.2) is 12.1 Å². The fourth-order valence-electron chi connectivity index (χ4n) is 4.53. The molecular formula is C18H21FO5. The van der Waals surface area contributed by atoms with Crippen molar-refractivity contribution in [1.29, 1.82) is 0 Å².